The molecule has 0 saturated heterocycles. The maximum absolute atomic E-state index is 9.33. The summed E-state index contributed by atoms with van der Waals surface area (Å²) in [4.78, 5) is 0. The van der Waals surface area contributed by atoms with Gasteiger partial charge in [0.2, 0.25) is 0 Å². The van der Waals surface area contributed by atoms with Crippen molar-refractivity contribution in [1.82, 2.24) is 15.0 Å². The second-order valence-corrected chi connectivity index (χ2v) is 3.80. The second kappa shape index (κ2) is 5.20. The van der Waals surface area contributed by atoms with E-state index in [0.717, 1.165) is 11.4 Å². The molecule has 6 nitrogen and oxygen atoms in total. The van der Waals surface area contributed by atoms with Crippen molar-refractivity contribution < 1.29 is 10.2 Å². The maximum Gasteiger partial charge on any atom is 0.0997 e. The Balaban J connectivity index is 2.92. The van der Waals surface area contributed by atoms with E-state index < -0.39 is 6.10 Å². The van der Waals surface area contributed by atoms with Gasteiger partial charge < -0.3 is 15.9 Å². The Labute approximate surface area is 88.7 Å². The van der Waals surface area contributed by atoms with E-state index in [9.17, 15) is 5.11 Å². The summed E-state index contributed by atoms with van der Waals surface area (Å²) in [6.07, 6.45) is -0.810. The third-order valence-corrected chi connectivity index (χ3v) is 2.18. The van der Waals surface area contributed by atoms with Crippen LogP contribution in [-0.2, 0) is 13.1 Å². The zero-order valence-electron chi connectivity index (χ0n) is 9.09. The smallest absolute Gasteiger partial charge is 0.0997 e. The zero-order valence-corrected chi connectivity index (χ0v) is 9.09. The molecule has 0 amide bonds. The molecule has 1 aromatic heterocycles. The highest BCUT2D eigenvalue weighted by Crippen LogP contribution is 2.17. The molecular weight excluding hydrogens is 196 g/mol. The molecule has 86 valence electrons. The van der Waals surface area contributed by atoms with Crippen LogP contribution >= 0.6 is 0 Å². The fourth-order valence-corrected chi connectivity index (χ4v) is 1.53. The van der Waals surface area contributed by atoms with Crippen molar-refractivity contribution in [3.63, 3.8) is 0 Å². The van der Waals surface area contributed by atoms with Gasteiger partial charge in [-0.25, -0.2) is 4.68 Å². The van der Waals surface area contributed by atoms with Gasteiger partial charge in [0.1, 0.15) is 0 Å². The Bertz CT molecular complexity index is 311. The van der Waals surface area contributed by atoms with Crippen LogP contribution in [0.1, 0.15) is 31.2 Å². The highest BCUT2D eigenvalue weighted by Gasteiger charge is 2.16. The molecular formula is C9H18N4O2. The number of aliphatic hydroxyl groups is 2. The van der Waals surface area contributed by atoms with Crippen LogP contribution in [0.3, 0.4) is 0 Å². The molecule has 0 saturated carbocycles. The lowest BCUT2D eigenvalue weighted by molar-refractivity contribution is 0.0768. The van der Waals surface area contributed by atoms with Crippen molar-refractivity contribution in [2.24, 2.45) is 5.73 Å². The largest absolute Gasteiger partial charge is 0.394 e. The molecule has 1 unspecified atom stereocenters. The summed E-state index contributed by atoms with van der Waals surface area (Å²) in [5.41, 5.74) is 7.20. The average molecular weight is 214 g/mol. The van der Waals surface area contributed by atoms with Crippen molar-refractivity contribution in [1.29, 1.82) is 0 Å². The summed E-state index contributed by atoms with van der Waals surface area (Å²) in [5, 5.41) is 25.9. The molecule has 0 aliphatic carbocycles. The van der Waals surface area contributed by atoms with E-state index >= 15 is 0 Å². The maximum atomic E-state index is 9.33. The van der Waals surface area contributed by atoms with E-state index in [0.29, 0.717) is 6.54 Å². The lowest BCUT2D eigenvalue weighted by atomic mass is 10.1. The Morgan fingerprint density at radius 2 is 2.13 bits per heavy atom. The molecule has 15 heavy (non-hydrogen) atoms. The summed E-state index contributed by atoms with van der Waals surface area (Å²) in [5.74, 6) is 0.240. The number of nitrogens with zero attached hydrogens (tertiary/aromatic N) is 3. The third kappa shape index (κ3) is 2.74. The molecule has 4 N–H and O–H groups in total. The number of rotatable bonds is 5. The number of aliphatic hydroxyl groups excluding tert-OH is 2. The highest BCUT2D eigenvalue weighted by atomic mass is 16.3. The van der Waals surface area contributed by atoms with Gasteiger partial charge in [0, 0.05) is 6.54 Å². The van der Waals surface area contributed by atoms with E-state index in [1.165, 1.54) is 0 Å². The lowest BCUT2D eigenvalue weighted by Gasteiger charge is -2.12. The van der Waals surface area contributed by atoms with E-state index in [2.05, 4.69) is 10.3 Å². The molecule has 1 rings (SSSR count). The van der Waals surface area contributed by atoms with Gasteiger partial charge in [-0.1, -0.05) is 19.1 Å². The van der Waals surface area contributed by atoms with E-state index in [-0.39, 0.29) is 19.1 Å². The van der Waals surface area contributed by atoms with Gasteiger partial charge in [0.25, 0.3) is 0 Å². The van der Waals surface area contributed by atoms with Crippen molar-refractivity contribution in [2.45, 2.75) is 39.0 Å². The molecule has 1 atom stereocenters. The predicted molar refractivity (Wildman–Crippen MR) is 55.1 cm³/mol. The topological polar surface area (TPSA) is 97.2 Å². The van der Waals surface area contributed by atoms with Crippen molar-refractivity contribution >= 4 is 0 Å². The minimum atomic E-state index is -0.810. The Morgan fingerprint density at radius 1 is 1.47 bits per heavy atom. The van der Waals surface area contributed by atoms with Gasteiger partial charge in [-0.15, -0.1) is 5.10 Å². The summed E-state index contributed by atoms with van der Waals surface area (Å²) in [7, 11) is 0. The molecule has 1 heterocycles. The molecule has 0 aromatic carbocycles. The molecule has 0 spiro atoms. The molecule has 0 radical (unpaired) electrons. The zero-order chi connectivity index (χ0) is 11.4. The van der Waals surface area contributed by atoms with Crippen LogP contribution in [-0.4, -0.2) is 37.9 Å². The van der Waals surface area contributed by atoms with E-state index in [4.69, 9.17) is 10.8 Å². The lowest BCUT2D eigenvalue weighted by Crippen LogP contribution is -2.22. The number of hydrogen-bond acceptors (Lipinski definition) is 5. The Hall–Kier alpha value is -0.980. The first-order valence-electron chi connectivity index (χ1n) is 5.01. The fraction of sp³-hybridized carbons (Fsp3) is 0.778. The summed E-state index contributed by atoms with van der Waals surface area (Å²) < 4.78 is 1.60. The van der Waals surface area contributed by atoms with Crippen LogP contribution in [0.25, 0.3) is 0 Å². The minimum Gasteiger partial charge on any atom is -0.394 e. The van der Waals surface area contributed by atoms with E-state index in [1.807, 2.05) is 13.8 Å². The van der Waals surface area contributed by atoms with Crippen molar-refractivity contribution in [3.8, 4) is 0 Å². The van der Waals surface area contributed by atoms with Crippen LogP contribution in [0.2, 0.25) is 0 Å². The van der Waals surface area contributed by atoms with Gasteiger partial charge in [-0.2, -0.15) is 0 Å². The SMILES string of the molecule is CC(C)c1c(CN)nnn1CC(O)CO. The quantitative estimate of drug-likeness (QED) is 0.597. The van der Waals surface area contributed by atoms with Crippen LogP contribution in [0.4, 0.5) is 0 Å². The molecule has 0 aliphatic rings. The molecule has 1 aromatic rings. The third-order valence-electron chi connectivity index (χ3n) is 2.18. The monoisotopic (exact) mass is 214 g/mol. The first kappa shape index (κ1) is 12.1. The van der Waals surface area contributed by atoms with Gasteiger partial charge in [-0.3, -0.25) is 0 Å². The normalized spacial score (nSPS) is 13.5. The molecule has 6 heteroatoms. The Morgan fingerprint density at radius 3 is 2.60 bits per heavy atom. The molecule has 0 fully saturated rings. The highest BCUT2D eigenvalue weighted by molar-refractivity contribution is 5.14. The number of nitrogens with two attached hydrogens (primary N) is 1. The van der Waals surface area contributed by atoms with Gasteiger partial charge in [-0.05, 0) is 5.92 Å². The first-order valence-corrected chi connectivity index (χ1v) is 5.01. The standard InChI is InChI=1S/C9H18N4O2/c1-6(2)9-8(3-10)11-12-13(9)4-7(15)5-14/h6-7,14-15H,3-5,10H2,1-2H3. The van der Waals surface area contributed by atoms with Crippen LogP contribution in [0.5, 0.6) is 0 Å². The molecule has 0 bridgehead atoms. The average Bonchev–Trinajstić information content (AvgIpc) is 2.60. The van der Waals surface area contributed by atoms with Crippen LogP contribution < -0.4 is 5.73 Å². The molecule has 0 aliphatic heterocycles. The van der Waals surface area contributed by atoms with Crippen LogP contribution in [0, 0.1) is 0 Å². The van der Waals surface area contributed by atoms with Crippen molar-refractivity contribution in [2.75, 3.05) is 6.61 Å². The van der Waals surface area contributed by atoms with Crippen molar-refractivity contribution in [3.05, 3.63) is 11.4 Å². The number of hydrogen-bond donors (Lipinski definition) is 3. The second-order valence-electron chi connectivity index (χ2n) is 3.80. The van der Waals surface area contributed by atoms with Gasteiger partial charge >= 0.3 is 0 Å². The van der Waals surface area contributed by atoms with Gasteiger partial charge in [0.15, 0.2) is 0 Å². The minimum absolute atomic E-state index is 0.240. The Kier molecular flexibility index (Phi) is 4.19. The summed E-state index contributed by atoms with van der Waals surface area (Å²) in [6.45, 7) is 4.33. The summed E-state index contributed by atoms with van der Waals surface area (Å²) >= 11 is 0. The van der Waals surface area contributed by atoms with Crippen LogP contribution in [0.15, 0.2) is 0 Å². The predicted octanol–water partition coefficient (Wildman–Crippen LogP) is -0.787. The van der Waals surface area contributed by atoms with Gasteiger partial charge in [0.05, 0.1) is 30.6 Å². The van der Waals surface area contributed by atoms with E-state index in [1.54, 1.807) is 4.68 Å². The fourth-order valence-electron chi connectivity index (χ4n) is 1.53. The number of aromatic nitrogens is 3. The summed E-state index contributed by atoms with van der Waals surface area (Å²) in [6, 6.07) is 0. The first-order chi connectivity index (χ1) is 7.10.